The molecule has 0 saturated heterocycles. The fourth-order valence-corrected chi connectivity index (χ4v) is 2.26. The van der Waals surface area contributed by atoms with Crippen LogP contribution in [0, 0.1) is 5.92 Å². The van der Waals surface area contributed by atoms with Gasteiger partial charge in [-0.15, -0.1) is 10.2 Å². The summed E-state index contributed by atoms with van der Waals surface area (Å²) < 4.78 is 0. The van der Waals surface area contributed by atoms with E-state index in [0.717, 1.165) is 18.0 Å². The second-order valence-corrected chi connectivity index (χ2v) is 5.31. The molecule has 0 spiro atoms. The van der Waals surface area contributed by atoms with Gasteiger partial charge in [0.1, 0.15) is 5.01 Å². The molecule has 0 fully saturated rings. The van der Waals surface area contributed by atoms with Gasteiger partial charge in [-0.1, -0.05) is 32.1 Å². The highest BCUT2D eigenvalue weighted by Crippen LogP contribution is 2.18. The van der Waals surface area contributed by atoms with Crippen LogP contribution in [0.5, 0.6) is 0 Å². The van der Waals surface area contributed by atoms with Crippen LogP contribution in [0.1, 0.15) is 32.2 Å². The Hall–Kier alpha value is -1.01. The van der Waals surface area contributed by atoms with Gasteiger partial charge in [-0.25, -0.2) is 0 Å². The SMILES string of the molecule is CCNCCC(=O)Nc1nnc(CC(C)C)s1. The van der Waals surface area contributed by atoms with Gasteiger partial charge >= 0.3 is 0 Å². The molecule has 2 N–H and O–H groups in total. The first kappa shape index (κ1) is 14.1. The quantitative estimate of drug-likeness (QED) is 0.728. The summed E-state index contributed by atoms with van der Waals surface area (Å²) in [7, 11) is 0. The minimum atomic E-state index is -0.0156. The summed E-state index contributed by atoms with van der Waals surface area (Å²) in [4.78, 5) is 11.5. The highest BCUT2D eigenvalue weighted by atomic mass is 32.1. The van der Waals surface area contributed by atoms with Gasteiger partial charge in [-0.3, -0.25) is 4.79 Å². The Bertz CT molecular complexity index is 351. The molecule has 17 heavy (non-hydrogen) atoms. The molecule has 1 amide bonds. The predicted molar refractivity (Wildman–Crippen MR) is 70.2 cm³/mol. The lowest BCUT2D eigenvalue weighted by atomic mass is 10.1. The molecular formula is C11H20N4OS. The number of nitrogens with one attached hydrogen (secondary N) is 2. The van der Waals surface area contributed by atoms with Gasteiger partial charge < -0.3 is 10.6 Å². The number of rotatable bonds is 7. The fourth-order valence-electron chi connectivity index (χ4n) is 1.30. The molecule has 6 heteroatoms. The number of carbonyl (C=O) groups excluding carboxylic acids is 1. The molecule has 1 aromatic rings. The van der Waals surface area contributed by atoms with Crippen molar-refractivity contribution in [2.45, 2.75) is 33.6 Å². The molecule has 0 aliphatic rings. The van der Waals surface area contributed by atoms with Crippen molar-refractivity contribution in [3.8, 4) is 0 Å². The first-order valence-corrected chi connectivity index (χ1v) is 6.76. The van der Waals surface area contributed by atoms with Crippen molar-refractivity contribution in [2.24, 2.45) is 5.92 Å². The van der Waals surface area contributed by atoms with Crippen molar-refractivity contribution in [3.63, 3.8) is 0 Å². The topological polar surface area (TPSA) is 66.9 Å². The summed E-state index contributed by atoms with van der Waals surface area (Å²) in [6, 6.07) is 0. The van der Waals surface area contributed by atoms with Crippen molar-refractivity contribution in [3.05, 3.63) is 5.01 Å². The summed E-state index contributed by atoms with van der Waals surface area (Å²) in [5.74, 6) is 0.540. The van der Waals surface area contributed by atoms with Crippen LogP contribution in [-0.4, -0.2) is 29.2 Å². The number of nitrogens with zero attached hydrogens (tertiary/aromatic N) is 2. The summed E-state index contributed by atoms with van der Waals surface area (Å²) in [6.07, 6.45) is 1.37. The van der Waals surface area contributed by atoms with E-state index in [9.17, 15) is 4.79 Å². The maximum Gasteiger partial charge on any atom is 0.227 e. The summed E-state index contributed by atoms with van der Waals surface area (Å²) in [5, 5.41) is 15.4. The average Bonchev–Trinajstić information content (AvgIpc) is 2.64. The van der Waals surface area contributed by atoms with Gasteiger partial charge in [0.05, 0.1) is 0 Å². The van der Waals surface area contributed by atoms with Crippen LogP contribution in [0.25, 0.3) is 0 Å². The number of hydrogen-bond donors (Lipinski definition) is 2. The Morgan fingerprint density at radius 3 is 2.82 bits per heavy atom. The number of hydrogen-bond acceptors (Lipinski definition) is 5. The van der Waals surface area contributed by atoms with Gasteiger partial charge in [0.25, 0.3) is 0 Å². The standard InChI is InChI=1S/C11H20N4OS/c1-4-12-6-5-9(16)13-11-15-14-10(17-11)7-8(2)3/h8,12H,4-7H2,1-3H3,(H,13,15,16). The maximum absolute atomic E-state index is 11.5. The van der Waals surface area contributed by atoms with Gasteiger partial charge in [0.2, 0.25) is 11.0 Å². The Balaban J connectivity index is 2.35. The second-order valence-electron chi connectivity index (χ2n) is 4.25. The van der Waals surface area contributed by atoms with E-state index in [0.29, 0.717) is 24.0 Å². The number of aromatic nitrogens is 2. The Morgan fingerprint density at radius 2 is 2.18 bits per heavy atom. The first-order valence-electron chi connectivity index (χ1n) is 5.94. The average molecular weight is 256 g/mol. The molecule has 0 unspecified atom stereocenters. The molecule has 0 aliphatic heterocycles. The molecule has 1 rings (SSSR count). The van der Waals surface area contributed by atoms with E-state index in [1.807, 2.05) is 6.92 Å². The molecule has 0 aromatic carbocycles. The summed E-state index contributed by atoms with van der Waals surface area (Å²) in [6.45, 7) is 7.86. The lowest BCUT2D eigenvalue weighted by Gasteiger charge is -2.01. The first-order chi connectivity index (χ1) is 8.11. The Morgan fingerprint density at radius 1 is 1.41 bits per heavy atom. The van der Waals surface area contributed by atoms with Gasteiger partial charge in [-0.2, -0.15) is 0 Å². The highest BCUT2D eigenvalue weighted by molar-refractivity contribution is 7.15. The fraction of sp³-hybridized carbons (Fsp3) is 0.727. The second kappa shape index (κ2) is 7.34. The van der Waals surface area contributed by atoms with Gasteiger partial charge in [0, 0.05) is 19.4 Å². The van der Waals surface area contributed by atoms with Crippen LogP contribution in [0.4, 0.5) is 5.13 Å². The normalized spacial score (nSPS) is 10.8. The van der Waals surface area contributed by atoms with E-state index >= 15 is 0 Å². The monoisotopic (exact) mass is 256 g/mol. The molecule has 1 aromatic heterocycles. The third kappa shape index (κ3) is 5.74. The third-order valence-corrected chi connectivity index (χ3v) is 2.94. The van der Waals surface area contributed by atoms with Crippen molar-refractivity contribution >= 4 is 22.4 Å². The minimum Gasteiger partial charge on any atom is -0.316 e. The zero-order valence-electron chi connectivity index (χ0n) is 10.6. The van der Waals surface area contributed by atoms with Crippen molar-refractivity contribution in [1.82, 2.24) is 15.5 Å². The number of amides is 1. The molecule has 0 saturated carbocycles. The molecule has 96 valence electrons. The van der Waals surface area contributed by atoms with Crippen molar-refractivity contribution in [1.29, 1.82) is 0 Å². The Labute approximate surface area is 106 Å². The third-order valence-electron chi connectivity index (χ3n) is 2.07. The van der Waals surface area contributed by atoms with Crippen LogP contribution in [-0.2, 0) is 11.2 Å². The van der Waals surface area contributed by atoms with Gasteiger partial charge in [0.15, 0.2) is 0 Å². The predicted octanol–water partition coefficient (Wildman–Crippen LogP) is 1.67. The molecular weight excluding hydrogens is 236 g/mol. The van der Waals surface area contributed by atoms with E-state index in [-0.39, 0.29) is 5.91 Å². The van der Waals surface area contributed by atoms with Crippen LogP contribution >= 0.6 is 11.3 Å². The van der Waals surface area contributed by atoms with E-state index in [1.54, 1.807) is 0 Å². The zero-order valence-corrected chi connectivity index (χ0v) is 11.4. The summed E-state index contributed by atoms with van der Waals surface area (Å²) >= 11 is 1.45. The van der Waals surface area contributed by atoms with Gasteiger partial charge in [-0.05, 0) is 12.5 Å². The number of anilines is 1. The highest BCUT2D eigenvalue weighted by Gasteiger charge is 2.08. The summed E-state index contributed by atoms with van der Waals surface area (Å²) in [5.41, 5.74) is 0. The van der Waals surface area contributed by atoms with Crippen LogP contribution in [0.3, 0.4) is 0 Å². The molecule has 0 radical (unpaired) electrons. The van der Waals surface area contributed by atoms with Crippen LogP contribution in [0.2, 0.25) is 0 Å². The lowest BCUT2D eigenvalue weighted by Crippen LogP contribution is -2.21. The van der Waals surface area contributed by atoms with Crippen LogP contribution < -0.4 is 10.6 Å². The molecule has 0 atom stereocenters. The lowest BCUT2D eigenvalue weighted by molar-refractivity contribution is -0.116. The molecule has 0 bridgehead atoms. The molecule has 5 nitrogen and oxygen atoms in total. The zero-order chi connectivity index (χ0) is 12.7. The number of carbonyl (C=O) groups is 1. The van der Waals surface area contributed by atoms with Crippen molar-refractivity contribution < 1.29 is 4.79 Å². The molecule has 0 aliphatic carbocycles. The smallest absolute Gasteiger partial charge is 0.227 e. The largest absolute Gasteiger partial charge is 0.316 e. The van der Waals surface area contributed by atoms with Crippen molar-refractivity contribution in [2.75, 3.05) is 18.4 Å². The van der Waals surface area contributed by atoms with E-state index in [4.69, 9.17) is 0 Å². The van der Waals surface area contributed by atoms with E-state index in [2.05, 4.69) is 34.7 Å². The van der Waals surface area contributed by atoms with Crippen LogP contribution in [0.15, 0.2) is 0 Å². The van der Waals surface area contributed by atoms with E-state index < -0.39 is 0 Å². The van der Waals surface area contributed by atoms with E-state index in [1.165, 1.54) is 11.3 Å². The molecule has 1 heterocycles. The minimum absolute atomic E-state index is 0.0156. The maximum atomic E-state index is 11.5. The Kier molecular flexibility index (Phi) is 6.07.